The highest BCUT2D eigenvalue weighted by atomic mass is 35.5. The zero-order valence-corrected chi connectivity index (χ0v) is 7.73. The highest BCUT2D eigenvalue weighted by molar-refractivity contribution is 7.80. The smallest absolute Gasteiger partial charge is 0.0920 e. The molecule has 60 valence electrons. The van der Waals surface area contributed by atoms with Crippen molar-refractivity contribution in [2.45, 2.75) is 6.92 Å². The maximum absolute atomic E-state index is 5.09. The first kappa shape index (κ1) is 10.1. The van der Waals surface area contributed by atoms with Gasteiger partial charge in [0.25, 0.3) is 0 Å². The Balaban J connectivity index is 0.000000810. The molecule has 0 aliphatic carbocycles. The fraction of sp³-hybridized carbons (Fsp3) is 0.833. The molecule has 0 aromatic heterocycles. The average molecular weight is 181 g/mol. The first-order valence-corrected chi connectivity index (χ1v) is 3.74. The van der Waals surface area contributed by atoms with Crippen molar-refractivity contribution in [1.29, 1.82) is 0 Å². The van der Waals surface area contributed by atoms with Crippen LogP contribution in [-0.2, 0) is 0 Å². The van der Waals surface area contributed by atoms with Crippen LogP contribution in [0.2, 0.25) is 0 Å². The predicted molar refractivity (Wildman–Crippen MR) is 50.0 cm³/mol. The van der Waals surface area contributed by atoms with Crippen molar-refractivity contribution in [3.8, 4) is 0 Å². The summed E-state index contributed by atoms with van der Waals surface area (Å²) in [5.41, 5.74) is 0. The van der Waals surface area contributed by atoms with Crippen LogP contribution in [0.25, 0.3) is 0 Å². The van der Waals surface area contributed by atoms with E-state index in [0.717, 1.165) is 31.2 Å². The quantitative estimate of drug-likeness (QED) is 0.597. The lowest BCUT2D eigenvalue weighted by molar-refractivity contribution is 0.406. The molecule has 4 heteroatoms. The van der Waals surface area contributed by atoms with Crippen LogP contribution in [0.3, 0.4) is 0 Å². The Morgan fingerprint density at radius 3 is 2.80 bits per heavy atom. The monoisotopic (exact) mass is 180 g/mol. The van der Waals surface area contributed by atoms with Crippen molar-refractivity contribution in [3.63, 3.8) is 0 Å². The number of nitrogens with zero attached hydrogens (tertiary/aromatic N) is 1. The van der Waals surface area contributed by atoms with Crippen LogP contribution in [0, 0.1) is 0 Å². The molecule has 0 aromatic rings. The third-order valence-corrected chi connectivity index (χ3v) is 1.97. The third-order valence-electron chi connectivity index (χ3n) is 1.57. The summed E-state index contributed by atoms with van der Waals surface area (Å²) in [4.78, 5) is 3.29. The molecule has 0 unspecified atom stereocenters. The van der Waals surface area contributed by atoms with Gasteiger partial charge in [0.15, 0.2) is 0 Å². The minimum Gasteiger partial charge on any atom is -0.364 e. The summed E-state index contributed by atoms with van der Waals surface area (Å²) in [7, 11) is 0. The molecule has 1 N–H and O–H groups in total. The average Bonchev–Trinajstić information content (AvgIpc) is 1.89. The van der Waals surface area contributed by atoms with Crippen molar-refractivity contribution < 1.29 is 0 Å². The summed E-state index contributed by atoms with van der Waals surface area (Å²) in [5, 5.41) is 3.22. The van der Waals surface area contributed by atoms with Crippen molar-refractivity contribution >= 4 is 29.6 Å². The zero-order chi connectivity index (χ0) is 6.69. The van der Waals surface area contributed by atoms with Gasteiger partial charge < -0.3 is 10.2 Å². The van der Waals surface area contributed by atoms with E-state index in [1.165, 1.54) is 0 Å². The lowest BCUT2D eigenvalue weighted by atomic mass is 10.4. The van der Waals surface area contributed by atoms with Crippen LogP contribution < -0.4 is 5.32 Å². The Morgan fingerprint density at radius 1 is 1.70 bits per heavy atom. The van der Waals surface area contributed by atoms with Crippen LogP contribution in [-0.4, -0.2) is 36.1 Å². The highest BCUT2D eigenvalue weighted by Gasteiger charge is 2.10. The summed E-state index contributed by atoms with van der Waals surface area (Å²) >= 11 is 5.09. The lowest BCUT2D eigenvalue weighted by Gasteiger charge is -2.28. The van der Waals surface area contributed by atoms with E-state index in [-0.39, 0.29) is 12.4 Å². The van der Waals surface area contributed by atoms with E-state index in [4.69, 9.17) is 12.2 Å². The second kappa shape index (κ2) is 4.88. The molecule has 0 amide bonds. The van der Waals surface area contributed by atoms with Gasteiger partial charge in [-0.15, -0.1) is 12.4 Å². The Morgan fingerprint density at radius 2 is 2.40 bits per heavy atom. The van der Waals surface area contributed by atoms with Crippen LogP contribution >= 0.6 is 24.6 Å². The Bertz CT molecular complexity index is 118. The van der Waals surface area contributed by atoms with Gasteiger partial charge in [0.2, 0.25) is 0 Å². The number of rotatable bonds is 1. The van der Waals surface area contributed by atoms with E-state index in [0.29, 0.717) is 0 Å². The van der Waals surface area contributed by atoms with Gasteiger partial charge in [-0.05, 0) is 6.92 Å². The summed E-state index contributed by atoms with van der Waals surface area (Å²) in [6.45, 7) is 6.24. The Kier molecular flexibility index (Phi) is 4.95. The normalized spacial score (nSPS) is 18.5. The fourth-order valence-corrected chi connectivity index (χ4v) is 1.30. The molecule has 0 bridgehead atoms. The van der Waals surface area contributed by atoms with Crippen LogP contribution in [0.1, 0.15) is 6.92 Å². The second-order valence-corrected chi connectivity index (χ2v) is 2.62. The van der Waals surface area contributed by atoms with Crippen molar-refractivity contribution in [1.82, 2.24) is 10.2 Å². The van der Waals surface area contributed by atoms with Gasteiger partial charge >= 0.3 is 0 Å². The van der Waals surface area contributed by atoms with E-state index >= 15 is 0 Å². The summed E-state index contributed by atoms with van der Waals surface area (Å²) in [5.74, 6) is 0. The van der Waals surface area contributed by atoms with Gasteiger partial charge in [0, 0.05) is 26.2 Å². The topological polar surface area (TPSA) is 15.3 Å². The Hall–Kier alpha value is 0.140. The lowest BCUT2D eigenvalue weighted by Crippen LogP contribution is -2.46. The summed E-state index contributed by atoms with van der Waals surface area (Å²) < 4.78 is 0. The molecule has 0 saturated carbocycles. The second-order valence-electron chi connectivity index (χ2n) is 2.15. The van der Waals surface area contributed by atoms with Gasteiger partial charge in [-0.3, -0.25) is 0 Å². The molecule has 0 spiro atoms. The standard InChI is InChI=1S/C6H12N2S.ClH/c1-2-8-4-3-7-5-6(8)9;/h7H,2-5H2,1H3;1H. The predicted octanol–water partition coefficient (Wildman–Crippen LogP) is 0.661. The maximum Gasteiger partial charge on any atom is 0.0920 e. The molecule has 1 fully saturated rings. The molecule has 0 aromatic carbocycles. The van der Waals surface area contributed by atoms with Gasteiger partial charge in [-0.2, -0.15) is 0 Å². The largest absolute Gasteiger partial charge is 0.364 e. The minimum absolute atomic E-state index is 0. The number of hydrogen-bond donors (Lipinski definition) is 1. The maximum atomic E-state index is 5.09. The van der Waals surface area contributed by atoms with Crippen LogP contribution in [0.15, 0.2) is 0 Å². The number of nitrogens with one attached hydrogen (secondary N) is 1. The minimum atomic E-state index is 0. The van der Waals surface area contributed by atoms with Gasteiger partial charge in [0.05, 0.1) is 4.99 Å². The van der Waals surface area contributed by atoms with Gasteiger partial charge in [-0.25, -0.2) is 0 Å². The van der Waals surface area contributed by atoms with E-state index in [9.17, 15) is 0 Å². The zero-order valence-electron chi connectivity index (χ0n) is 6.09. The highest BCUT2D eigenvalue weighted by Crippen LogP contribution is 1.94. The van der Waals surface area contributed by atoms with E-state index in [1.807, 2.05) is 0 Å². The van der Waals surface area contributed by atoms with Gasteiger partial charge in [0.1, 0.15) is 0 Å². The molecule has 0 atom stereocenters. The first-order valence-electron chi connectivity index (χ1n) is 3.33. The molecular weight excluding hydrogens is 168 g/mol. The third kappa shape index (κ3) is 2.40. The van der Waals surface area contributed by atoms with Crippen molar-refractivity contribution in [2.75, 3.05) is 26.2 Å². The number of likely N-dealkylation sites (N-methyl/N-ethyl adjacent to an activating group) is 1. The van der Waals surface area contributed by atoms with E-state index in [1.54, 1.807) is 0 Å². The molecule has 1 aliphatic heterocycles. The summed E-state index contributed by atoms with van der Waals surface area (Å²) in [6.07, 6.45) is 0. The van der Waals surface area contributed by atoms with Gasteiger partial charge in [-0.1, -0.05) is 12.2 Å². The number of thiocarbonyl (C=S) groups is 1. The molecule has 2 nitrogen and oxygen atoms in total. The molecule has 1 rings (SSSR count). The molecule has 1 aliphatic rings. The molecule has 1 heterocycles. The van der Waals surface area contributed by atoms with Crippen LogP contribution in [0.4, 0.5) is 0 Å². The fourth-order valence-electron chi connectivity index (χ4n) is 0.980. The van der Waals surface area contributed by atoms with Crippen molar-refractivity contribution in [3.05, 3.63) is 0 Å². The molecule has 10 heavy (non-hydrogen) atoms. The number of halogens is 1. The Labute approximate surface area is 73.4 Å². The number of piperazine rings is 1. The van der Waals surface area contributed by atoms with Crippen molar-refractivity contribution in [2.24, 2.45) is 0 Å². The molecular formula is C6H13ClN2S. The van der Waals surface area contributed by atoms with Crippen LogP contribution in [0.5, 0.6) is 0 Å². The number of hydrogen-bond acceptors (Lipinski definition) is 2. The van der Waals surface area contributed by atoms with E-state index < -0.39 is 0 Å². The molecule has 1 saturated heterocycles. The molecule has 0 radical (unpaired) electrons. The first-order chi connectivity index (χ1) is 4.34. The SMILES string of the molecule is CCN1CCNCC1=S.Cl. The summed E-state index contributed by atoms with van der Waals surface area (Å²) in [6, 6.07) is 0. The van der Waals surface area contributed by atoms with E-state index in [2.05, 4.69) is 17.1 Å².